The van der Waals surface area contributed by atoms with Crippen molar-refractivity contribution in [3.05, 3.63) is 101 Å². The molecule has 0 radical (unpaired) electrons. The summed E-state index contributed by atoms with van der Waals surface area (Å²) in [5.41, 5.74) is 6.76. The smallest absolute Gasteiger partial charge is 0.0637 e. The fraction of sp³-hybridized carbons (Fsp3) is 0.346. The fourth-order valence-corrected chi connectivity index (χ4v) is 3.39. The maximum absolute atomic E-state index is 5.34. The highest BCUT2D eigenvalue weighted by Gasteiger charge is 2.10. The van der Waals surface area contributed by atoms with Gasteiger partial charge in [0, 0.05) is 44.6 Å². The summed E-state index contributed by atoms with van der Waals surface area (Å²) in [5, 5.41) is 0. The van der Waals surface area contributed by atoms with E-state index in [0.717, 1.165) is 30.2 Å². The summed E-state index contributed by atoms with van der Waals surface area (Å²) < 4.78 is 5.34. The number of hydrogen-bond acceptors (Lipinski definition) is 6. The molecule has 6 heteroatoms. The lowest BCUT2D eigenvalue weighted by molar-refractivity contribution is 0.165. The van der Waals surface area contributed by atoms with Gasteiger partial charge in [0.2, 0.25) is 0 Å². The van der Waals surface area contributed by atoms with Crippen molar-refractivity contribution in [3.8, 4) is 0 Å². The van der Waals surface area contributed by atoms with Crippen LogP contribution in [0.3, 0.4) is 0 Å². The number of pyridine rings is 3. The minimum Gasteiger partial charge on any atom is -0.383 e. The van der Waals surface area contributed by atoms with Crippen LogP contribution in [0.25, 0.3) is 0 Å². The number of rotatable bonds is 11. The zero-order valence-corrected chi connectivity index (χ0v) is 19.5. The Hall–Kier alpha value is -3.25. The molecule has 32 heavy (non-hydrogen) atoms. The molecule has 0 aliphatic heterocycles. The van der Waals surface area contributed by atoms with Crippen molar-refractivity contribution in [1.82, 2.24) is 24.8 Å². The molecule has 0 unspecified atom stereocenters. The van der Waals surface area contributed by atoms with Gasteiger partial charge in [-0.05, 0) is 55.7 Å². The van der Waals surface area contributed by atoms with Crippen LogP contribution in [0.5, 0.6) is 0 Å². The first kappa shape index (κ1) is 23.4. The molecule has 6 nitrogen and oxygen atoms in total. The lowest BCUT2D eigenvalue weighted by Crippen LogP contribution is -2.25. The van der Waals surface area contributed by atoms with E-state index in [1.165, 1.54) is 16.7 Å². The first-order valence-corrected chi connectivity index (χ1v) is 10.9. The van der Waals surface area contributed by atoms with E-state index in [-0.39, 0.29) is 0 Å². The Morgan fingerprint density at radius 1 is 0.688 bits per heavy atom. The van der Waals surface area contributed by atoms with Gasteiger partial charge in [-0.3, -0.25) is 15.0 Å². The Balaban J connectivity index is 1.83. The van der Waals surface area contributed by atoms with Crippen LogP contribution in [0, 0.1) is 20.8 Å². The van der Waals surface area contributed by atoms with E-state index < -0.39 is 0 Å². The minimum atomic E-state index is 0.648. The van der Waals surface area contributed by atoms with E-state index in [0.29, 0.717) is 19.7 Å². The van der Waals surface area contributed by atoms with Gasteiger partial charge in [0.15, 0.2) is 0 Å². The van der Waals surface area contributed by atoms with Crippen LogP contribution in [0.4, 0.5) is 0 Å². The molecule has 3 aromatic heterocycles. The number of aromatic nitrogens is 3. The summed E-state index contributed by atoms with van der Waals surface area (Å²) in [6, 6.07) is 12.2. The van der Waals surface area contributed by atoms with Gasteiger partial charge in [-0.15, -0.1) is 0 Å². The summed E-state index contributed by atoms with van der Waals surface area (Å²) in [7, 11) is 1.73. The predicted molar refractivity (Wildman–Crippen MR) is 128 cm³/mol. The average molecular weight is 432 g/mol. The standard InChI is InChI=1S/C26H33N5O/c1-21-8-5-11-27-24(21)18-30(16-17-32-4)14-15-31(19-25-22(2)9-6-12-28-25)20-26-23(3)10-7-13-29-26/h5-15H,16-20H2,1-4H3. The summed E-state index contributed by atoms with van der Waals surface area (Å²) in [4.78, 5) is 18.3. The van der Waals surface area contributed by atoms with E-state index >= 15 is 0 Å². The molecule has 0 aliphatic carbocycles. The van der Waals surface area contributed by atoms with Crippen LogP contribution in [0.1, 0.15) is 33.8 Å². The number of hydrogen-bond donors (Lipinski definition) is 0. The minimum absolute atomic E-state index is 0.648. The molecule has 0 spiro atoms. The Morgan fingerprint density at radius 2 is 1.09 bits per heavy atom. The Bertz CT molecular complexity index is 973. The highest BCUT2D eigenvalue weighted by molar-refractivity contribution is 5.21. The van der Waals surface area contributed by atoms with Crippen LogP contribution in [-0.4, -0.2) is 45.0 Å². The van der Waals surface area contributed by atoms with Gasteiger partial charge in [0.25, 0.3) is 0 Å². The second-order valence-electron chi connectivity index (χ2n) is 7.97. The van der Waals surface area contributed by atoms with E-state index in [2.05, 4.69) is 76.1 Å². The SMILES string of the molecule is COCCN(C=CN(Cc1ncccc1C)Cc1ncccc1C)Cc1ncccc1C. The van der Waals surface area contributed by atoms with Gasteiger partial charge >= 0.3 is 0 Å². The average Bonchev–Trinajstić information content (AvgIpc) is 2.79. The van der Waals surface area contributed by atoms with Crippen LogP contribution in [0.15, 0.2) is 67.4 Å². The number of aryl methyl sites for hydroxylation is 3. The van der Waals surface area contributed by atoms with Gasteiger partial charge in [-0.25, -0.2) is 0 Å². The van der Waals surface area contributed by atoms with Crippen molar-refractivity contribution in [2.24, 2.45) is 0 Å². The molecule has 0 aromatic carbocycles. The third-order valence-electron chi connectivity index (χ3n) is 5.48. The molecular formula is C26H33N5O. The van der Waals surface area contributed by atoms with Crippen molar-refractivity contribution >= 4 is 0 Å². The van der Waals surface area contributed by atoms with Gasteiger partial charge in [-0.1, -0.05) is 18.2 Å². The number of nitrogens with zero attached hydrogens (tertiary/aromatic N) is 5. The van der Waals surface area contributed by atoms with Crippen molar-refractivity contribution in [2.75, 3.05) is 20.3 Å². The third kappa shape index (κ3) is 6.89. The Morgan fingerprint density at radius 3 is 1.50 bits per heavy atom. The lowest BCUT2D eigenvalue weighted by atomic mass is 10.2. The fourth-order valence-electron chi connectivity index (χ4n) is 3.39. The second-order valence-corrected chi connectivity index (χ2v) is 7.97. The van der Waals surface area contributed by atoms with Gasteiger partial charge in [-0.2, -0.15) is 0 Å². The molecule has 0 saturated carbocycles. The van der Waals surface area contributed by atoms with Crippen molar-refractivity contribution < 1.29 is 4.74 Å². The molecular weight excluding hydrogens is 398 g/mol. The first-order valence-electron chi connectivity index (χ1n) is 10.9. The van der Waals surface area contributed by atoms with Crippen LogP contribution < -0.4 is 0 Å². The van der Waals surface area contributed by atoms with Crippen LogP contribution in [-0.2, 0) is 24.4 Å². The van der Waals surface area contributed by atoms with Gasteiger partial charge in [0.1, 0.15) is 0 Å². The highest BCUT2D eigenvalue weighted by Crippen LogP contribution is 2.14. The Labute approximate surface area is 191 Å². The molecule has 0 fully saturated rings. The maximum Gasteiger partial charge on any atom is 0.0637 e. The molecule has 3 aromatic rings. The molecule has 0 N–H and O–H groups in total. The molecule has 0 aliphatic rings. The van der Waals surface area contributed by atoms with E-state index in [9.17, 15) is 0 Å². The topological polar surface area (TPSA) is 54.4 Å². The second kappa shape index (κ2) is 12.0. The molecule has 0 saturated heterocycles. The van der Waals surface area contributed by atoms with Crippen molar-refractivity contribution in [2.45, 2.75) is 40.4 Å². The summed E-state index contributed by atoms with van der Waals surface area (Å²) in [6.07, 6.45) is 9.82. The van der Waals surface area contributed by atoms with Crippen molar-refractivity contribution in [1.29, 1.82) is 0 Å². The quantitative estimate of drug-likeness (QED) is 0.448. The summed E-state index contributed by atoms with van der Waals surface area (Å²) >= 11 is 0. The largest absolute Gasteiger partial charge is 0.383 e. The molecule has 0 atom stereocenters. The molecule has 3 heterocycles. The molecule has 168 valence electrons. The van der Waals surface area contributed by atoms with E-state index in [1.54, 1.807) is 7.11 Å². The predicted octanol–water partition coefficient (Wildman–Crippen LogP) is 4.42. The lowest BCUT2D eigenvalue weighted by Gasteiger charge is -2.25. The monoisotopic (exact) mass is 431 g/mol. The highest BCUT2D eigenvalue weighted by atomic mass is 16.5. The summed E-state index contributed by atoms with van der Waals surface area (Å²) in [5.74, 6) is 0. The van der Waals surface area contributed by atoms with E-state index in [4.69, 9.17) is 4.74 Å². The first-order chi connectivity index (χ1) is 15.6. The van der Waals surface area contributed by atoms with Crippen LogP contribution in [0.2, 0.25) is 0 Å². The number of methoxy groups -OCH3 is 1. The van der Waals surface area contributed by atoms with Gasteiger partial charge < -0.3 is 14.5 Å². The maximum atomic E-state index is 5.34. The Kier molecular flexibility index (Phi) is 8.75. The van der Waals surface area contributed by atoms with E-state index in [1.807, 2.05) is 36.8 Å². The zero-order valence-electron chi connectivity index (χ0n) is 19.5. The molecule has 0 amide bonds. The molecule has 0 bridgehead atoms. The van der Waals surface area contributed by atoms with Gasteiger partial charge in [0.05, 0.1) is 43.3 Å². The van der Waals surface area contributed by atoms with Crippen LogP contribution >= 0.6 is 0 Å². The zero-order chi connectivity index (χ0) is 22.8. The molecule has 3 rings (SSSR count). The number of ether oxygens (including phenoxy) is 1. The third-order valence-corrected chi connectivity index (χ3v) is 5.48. The van der Waals surface area contributed by atoms with Crippen molar-refractivity contribution in [3.63, 3.8) is 0 Å². The normalized spacial score (nSPS) is 11.1. The summed E-state index contributed by atoms with van der Waals surface area (Å²) in [6.45, 7) is 9.87.